The van der Waals surface area contributed by atoms with Gasteiger partial charge in [0.1, 0.15) is 11.5 Å². The van der Waals surface area contributed by atoms with Gasteiger partial charge in [-0.3, -0.25) is 0 Å². The number of para-hydroxylation sites is 1. The highest BCUT2D eigenvalue weighted by Gasteiger charge is 2.19. The molecule has 112 valence electrons. The molecule has 3 nitrogen and oxygen atoms in total. The Labute approximate surface area is 134 Å². The lowest BCUT2D eigenvalue weighted by atomic mass is 9.97. The van der Waals surface area contributed by atoms with E-state index in [1.54, 1.807) is 7.11 Å². The number of hydrogen-bond donors (Lipinski definition) is 1. The molecule has 1 atom stereocenters. The molecule has 0 radical (unpaired) electrons. The molecule has 0 saturated heterocycles. The first-order valence-electron chi connectivity index (χ1n) is 6.89. The second-order valence-corrected chi connectivity index (χ2v) is 5.65. The first-order valence-corrected chi connectivity index (χ1v) is 7.69. The van der Waals surface area contributed by atoms with Gasteiger partial charge in [0.15, 0.2) is 0 Å². The van der Waals surface area contributed by atoms with E-state index in [2.05, 4.69) is 15.9 Å². The molecule has 0 heterocycles. The topological polar surface area (TPSA) is 44.5 Å². The second kappa shape index (κ2) is 6.96. The summed E-state index contributed by atoms with van der Waals surface area (Å²) in [5.41, 5.74) is 9.46. The molecule has 0 aliphatic carbocycles. The zero-order chi connectivity index (χ0) is 15.4. The number of rotatable bonds is 5. The lowest BCUT2D eigenvalue weighted by Gasteiger charge is -2.20. The number of benzene rings is 2. The van der Waals surface area contributed by atoms with E-state index in [1.807, 2.05) is 50.2 Å². The van der Waals surface area contributed by atoms with Gasteiger partial charge < -0.3 is 15.2 Å². The molecule has 0 amide bonds. The van der Waals surface area contributed by atoms with Crippen molar-refractivity contribution in [1.29, 1.82) is 0 Å². The van der Waals surface area contributed by atoms with E-state index in [4.69, 9.17) is 15.2 Å². The molecule has 2 aromatic rings. The summed E-state index contributed by atoms with van der Waals surface area (Å²) in [5.74, 6) is 1.60. The molecule has 0 aliphatic rings. The fourth-order valence-corrected chi connectivity index (χ4v) is 2.64. The molecule has 4 heteroatoms. The van der Waals surface area contributed by atoms with Crippen LogP contribution in [0.1, 0.15) is 29.7 Å². The van der Waals surface area contributed by atoms with Gasteiger partial charge >= 0.3 is 0 Å². The summed E-state index contributed by atoms with van der Waals surface area (Å²) in [7, 11) is 1.66. The summed E-state index contributed by atoms with van der Waals surface area (Å²) >= 11 is 3.56. The molecular weight excluding hydrogens is 330 g/mol. The molecule has 0 fully saturated rings. The van der Waals surface area contributed by atoms with Crippen molar-refractivity contribution in [3.63, 3.8) is 0 Å². The molecular formula is C17H20BrNO2. The van der Waals surface area contributed by atoms with Crippen LogP contribution in [0.15, 0.2) is 40.9 Å². The Morgan fingerprint density at radius 2 is 1.86 bits per heavy atom. The molecule has 2 rings (SSSR count). The van der Waals surface area contributed by atoms with Gasteiger partial charge in [-0.25, -0.2) is 0 Å². The molecule has 0 aromatic heterocycles. The largest absolute Gasteiger partial charge is 0.496 e. The molecule has 2 N–H and O–H groups in total. The highest BCUT2D eigenvalue weighted by Crippen LogP contribution is 2.36. The van der Waals surface area contributed by atoms with Crippen LogP contribution in [0.25, 0.3) is 0 Å². The van der Waals surface area contributed by atoms with Gasteiger partial charge in [0.2, 0.25) is 0 Å². The summed E-state index contributed by atoms with van der Waals surface area (Å²) < 4.78 is 12.2. The van der Waals surface area contributed by atoms with Crippen LogP contribution < -0.4 is 15.2 Å². The third-order valence-electron chi connectivity index (χ3n) is 3.40. The maximum atomic E-state index is 6.46. The van der Waals surface area contributed by atoms with Crippen molar-refractivity contribution >= 4 is 15.9 Å². The zero-order valence-electron chi connectivity index (χ0n) is 12.5. The summed E-state index contributed by atoms with van der Waals surface area (Å²) in [5, 5.41) is 0. The summed E-state index contributed by atoms with van der Waals surface area (Å²) in [6.45, 7) is 4.60. The minimum absolute atomic E-state index is 0.306. The van der Waals surface area contributed by atoms with Crippen LogP contribution in [0.4, 0.5) is 0 Å². The average molecular weight is 350 g/mol. The predicted molar refractivity (Wildman–Crippen MR) is 89.1 cm³/mol. The van der Waals surface area contributed by atoms with E-state index >= 15 is 0 Å². The first kappa shape index (κ1) is 15.9. The number of halogens is 1. The fourth-order valence-electron chi connectivity index (χ4n) is 2.28. The van der Waals surface area contributed by atoms with E-state index in [0.29, 0.717) is 6.61 Å². The van der Waals surface area contributed by atoms with Gasteiger partial charge in [-0.15, -0.1) is 0 Å². The number of aryl methyl sites for hydroxylation is 1. The Kier molecular flexibility index (Phi) is 5.26. The van der Waals surface area contributed by atoms with Crippen LogP contribution in [0.3, 0.4) is 0 Å². The van der Waals surface area contributed by atoms with Gasteiger partial charge in [0, 0.05) is 15.6 Å². The van der Waals surface area contributed by atoms with Gasteiger partial charge in [-0.05, 0) is 37.6 Å². The molecule has 0 saturated carbocycles. The van der Waals surface area contributed by atoms with E-state index in [0.717, 1.165) is 32.7 Å². The van der Waals surface area contributed by atoms with Gasteiger partial charge in [-0.1, -0.05) is 34.1 Å². The molecule has 2 aromatic carbocycles. The van der Waals surface area contributed by atoms with Gasteiger partial charge in [-0.2, -0.15) is 0 Å². The quantitative estimate of drug-likeness (QED) is 0.878. The van der Waals surface area contributed by atoms with Crippen molar-refractivity contribution in [2.75, 3.05) is 13.7 Å². The third kappa shape index (κ3) is 3.39. The second-order valence-electron chi connectivity index (χ2n) is 4.79. The predicted octanol–water partition coefficient (Wildman–Crippen LogP) is 4.21. The number of ether oxygens (including phenoxy) is 2. The third-order valence-corrected chi connectivity index (χ3v) is 4.25. The summed E-state index contributed by atoms with van der Waals surface area (Å²) in [4.78, 5) is 0. The normalized spacial score (nSPS) is 12.0. The van der Waals surface area contributed by atoms with Crippen molar-refractivity contribution in [3.05, 3.63) is 57.6 Å². The van der Waals surface area contributed by atoms with Gasteiger partial charge in [0.25, 0.3) is 0 Å². The standard InChI is InChI=1S/C17H20BrNO2/c1-4-21-15-8-6-5-7-12(15)17(19)13-10-14(18)11(2)9-16(13)20-3/h5-10,17H,4,19H2,1-3H3. The van der Waals surface area contributed by atoms with Crippen molar-refractivity contribution in [1.82, 2.24) is 0 Å². The van der Waals surface area contributed by atoms with Crippen LogP contribution in [-0.4, -0.2) is 13.7 Å². The van der Waals surface area contributed by atoms with E-state index in [9.17, 15) is 0 Å². The molecule has 21 heavy (non-hydrogen) atoms. The van der Waals surface area contributed by atoms with Crippen molar-refractivity contribution in [2.45, 2.75) is 19.9 Å². The minimum atomic E-state index is -0.306. The molecule has 0 aliphatic heterocycles. The number of methoxy groups -OCH3 is 1. The van der Waals surface area contributed by atoms with Crippen LogP contribution in [-0.2, 0) is 0 Å². The monoisotopic (exact) mass is 349 g/mol. The van der Waals surface area contributed by atoms with Crippen LogP contribution in [0.2, 0.25) is 0 Å². The Balaban J connectivity index is 2.49. The molecule has 1 unspecified atom stereocenters. The maximum Gasteiger partial charge on any atom is 0.124 e. The van der Waals surface area contributed by atoms with Crippen molar-refractivity contribution in [3.8, 4) is 11.5 Å². The fraction of sp³-hybridized carbons (Fsp3) is 0.294. The lowest BCUT2D eigenvalue weighted by Crippen LogP contribution is -2.15. The zero-order valence-corrected chi connectivity index (χ0v) is 14.1. The SMILES string of the molecule is CCOc1ccccc1C(N)c1cc(Br)c(C)cc1OC. The Morgan fingerprint density at radius 3 is 2.52 bits per heavy atom. The summed E-state index contributed by atoms with van der Waals surface area (Å²) in [6, 6.07) is 11.5. The van der Waals surface area contributed by atoms with Crippen molar-refractivity contribution in [2.24, 2.45) is 5.73 Å². The highest BCUT2D eigenvalue weighted by molar-refractivity contribution is 9.10. The summed E-state index contributed by atoms with van der Waals surface area (Å²) in [6.07, 6.45) is 0. The van der Waals surface area contributed by atoms with Crippen LogP contribution in [0, 0.1) is 6.92 Å². The van der Waals surface area contributed by atoms with E-state index in [-0.39, 0.29) is 6.04 Å². The smallest absolute Gasteiger partial charge is 0.124 e. The van der Waals surface area contributed by atoms with E-state index < -0.39 is 0 Å². The molecule has 0 spiro atoms. The van der Waals surface area contributed by atoms with Gasteiger partial charge in [0.05, 0.1) is 19.8 Å². The first-order chi connectivity index (χ1) is 10.1. The number of hydrogen-bond acceptors (Lipinski definition) is 3. The molecule has 0 bridgehead atoms. The van der Waals surface area contributed by atoms with E-state index in [1.165, 1.54) is 0 Å². The average Bonchev–Trinajstić information content (AvgIpc) is 2.49. The Bertz CT molecular complexity index is 628. The highest BCUT2D eigenvalue weighted by atomic mass is 79.9. The number of nitrogens with two attached hydrogens (primary N) is 1. The Morgan fingerprint density at radius 1 is 1.14 bits per heavy atom. The maximum absolute atomic E-state index is 6.46. The van der Waals surface area contributed by atoms with Crippen LogP contribution in [0.5, 0.6) is 11.5 Å². The minimum Gasteiger partial charge on any atom is -0.496 e. The van der Waals surface area contributed by atoms with Crippen molar-refractivity contribution < 1.29 is 9.47 Å². The van der Waals surface area contributed by atoms with Crippen LogP contribution >= 0.6 is 15.9 Å². The lowest BCUT2D eigenvalue weighted by molar-refractivity contribution is 0.335. The Hall–Kier alpha value is -1.52.